The van der Waals surface area contributed by atoms with Crippen LogP contribution < -0.4 is 15.5 Å². The number of nitrogens with zero attached hydrogens (tertiary/aromatic N) is 5. The van der Waals surface area contributed by atoms with Crippen molar-refractivity contribution in [3.8, 4) is 22.5 Å². The maximum absolute atomic E-state index is 14.0. The van der Waals surface area contributed by atoms with Gasteiger partial charge in [-0.15, -0.1) is 10.2 Å². The van der Waals surface area contributed by atoms with Crippen LogP contribution in [0.15, 0.2) is 72.8 Å². The molecule has 13 heteroatoms. The molecule has 3 amide bonds. The summed E-state index contributed by atoms with van der Waals surface area (Å²) >= 11 is 0. The second-order valence-corrected chi connectivity index (χ2v) is 13.2. The largest absolute Gasteiger partial charge is 0.480 e. The number of nitrogens with one attached hydrogen (secondary N) is 2. The Kier molecular flexibility index (Phi) is 10.7. The van der Waals surface area contributed by atoms with Crippen LogP contribution in [0.25, 0.3) is 22.5 Å². The Morgan fingerprint density at radius 2 is 1.69 bits per heavy atom. The van der Waals surface area contributed by atoms with E-state index in [1.54, 1.807) is 25.7 Å². The monoisotopic (exact) mass is 667 g/mol. The number of carbonyl (C=O) groups excluding carboxylic acids is 3. The molecule has 0 bridgehead atoms. The molecule has 3 N–H and O–H groups in total. The number of rotatable bonds is 11. The number of carboxylic acids is 1. The molecule has 1 aliphatic heterocycles. The van der Waals surface area contributed by atoms with E-state index in [0.29, 0.717) is 30.8 Å². The molecule has 2 heterocycles. The Morgan fingerprint density at radius 3 is 2.41 bits per heavy atom. The molecular weight excluding hydrogens is 626 g/mol. The Balaban J connectivity index is 1.28. The Hall–Kier alpha value is -5.59. The number of hydrogen-bond donors (Lipinski definition) is 3. The van der Waals surface area contributed by atoms with Gasteiger partial charge in [0.25, 0.3) is 0 Å². The molecule has 49 heavy (non-hydrogen) atoms. The van der Waals surface area contributed by atoms with Gasteiger partial charge in [-0.1, -0.05) is 73.7 Å². The summed E-state index contributed by atoms with van der Waals surface area (Å²) in [7, 11) is 0. The van der Waals surface area contributed by atoms with Gasteiger partial charge in [0.2, 0.25) is 17.6 Å². The number of tetrazole rings is 1. The summed E-state index contributed by atoms with van der Waals surface area (Å²) in [6.07, 6.45) is 0.688. The predicted octanol–water partition coefficient (Wildman–Crippen LogP) is 4.61. The maximum atomic E-state index is 14.0. The molecule has 0 spiro atoms. The van der Waals surface area contributed by atoms with Crippen LogP contribution in [-0.2, 0) is 38.6 Å². The van der Waals surface area contributed by atoms with Crippen LogP contribution in [0.1, 0.15) is 51.7 Å². The zero-order valence-electron chi connectivity index (χ0n) is 28.1. The number of fused-ring (bicyclic) bond motifs is 1. The van der Waals surface area contributed by atoms with Crippen LogP contribution in [0, 0.1) is 5.92 Å². The Morgan fingerprint density at radius 1 is 1.00 bits per heavy atom. The van der Waals surface area contributed by atoms with Gasteiger partial charge in [0.05, 0.1) is 6.54 Å². The van der Waals surface area contributed by atoms with Gasteiger partial charge in [0.15, 0.2) is 6.54 Å². The van der Waals surface area contributed by atoms with Crippen LogP contribution in [0.2, 0.25) is 0 Å². The SMILES string of the molecule is CC(CNC(=O)OC(C)(C)C)CC(=O)N[C@@H]1CCc2ccccc2N(Cc2ccc(-c3ccccc3-c3nnn(CC(=O)O)n3)cc2)C1=O. The minimum atomic E-state index is -1.06. The lowest BCUT2D eigenvalue weighted by atomic mass is 9.98. The fraction of sp³-hybridized carbons (Fsp3) is 0.361. The standard InChI is InChI=1S/C36H41N7O6/c1-23(20-37-35(48)49-36(2,3)4)19-31(44)38-29-18-17-26-9-5-8-12-30(26)42(34(29)47)21-24-13-15-25(16-14-24)27-10-6-7-11-28(27)33-39-41-43(40-33)22-32(45)46/h5-16,23,29H,17-22H2,1-4H3,(H,37,48)(H,38,44)(H,45,46)/t23?,29-/m1/s1. The summed E-state index contributed by atoms with van der Waals surface area (Å²) < 4.78 is 5.27. The Labute approximate surface area is 284 Å². The summed E-state index contributed by atoms with van der Waals surface area (Å²) in [5.41, 5.74) is 4.55. The van der Waals surface area contributed by atoms with Crippen molar-refractivity contribution in [1.29, 1.82) is 0 Å². The minimum absolute atomic E-state index is 0.140. The third kappa shape index (κ3) is 9.28. The van der Waals surface area contributed by atoms with E-state index in [4.69, 9.17) is 9.84 Å². The topological polar surface area (TPSA) is 169 Å². The molecule has 0 saturated heterocycles. The second kappa shape index (κ2) is 15.1. The average Bonchev–Trinajstić information content (AvgIpc) is 3.47. The van der Waals surface area contributed by atoms with Crippen molar-refractivity contribution in [2.45, 2.75) is 71.7 Å². The highest BCUT2D eigenvalue weighted by molar-refractivity contribution is 6.00. The lowest BCUT2D eigenvalue weighted by Gasteiger charge is -2.27. The lowest BCUT2D eigenvalue weighted by Crippen LogP contribution is -2.48. The number of aryl methyl sites for hydroxylation is 1. The number of anilines is 1. The zero-order valence-corrected chi connectivity index (χ0v) is 28.1. The predicted molar refractivity (Wildman–Crippen MR) is 182 cm³/mol. The van der Waals surface area contributed by atoms with Crippen molar-refractivity contribution in [2.75, 3.05) is 11.4 Å². The van der Waals surface area contributed by atoms with Crippen LogP contribution in [0.3, 0.4) is 0 Å². The first-order valence-corrected chi connectivity index (χ1v) is 16.2. The molecular formula is C36H41N7O6. The van der Waals surface area contributed by atoms with E-state index in [1.807, 2.05) is 79.7 Å². The molecule has 0 radical (unpaired) electrons. The fourth-order valence-electron chi connectivity index (χ4n) is 5.67. The molecule has 5 rings (SSSR count). The lowest BCUT2D eigenvalue weighted by molar-refractivity contribution is -0.138. The summed E-state index contributed by atoms with van der Waals surface area (Å²) in [6, 6.07) is 22.4. The third-order valence-corrected chi connectivity index (χ3v) is 7.91. The maximum Gasteiger partial charge on any atom is 0.407 e. The molecule has 4 aromatic rings. The van der Waals surface area contributed by atoms with E-state index in [2.05, 4.69) is 26.0 Å². The van der Waals surface area contributed by atoms with Gasteiger partial charge >= 0.3 is 12.1 Å². The van der Waals surface area contributed by atoms with Gasteiger partial charge in [-0.25, -0.2) is 4.79 Å². The first-order chi connectivity index (χ1) is 23.4. The van der Waals surface area contributed by atoms with Gasteiger partial charge in [0.1, 0.15) is 11.6 Å². The van der Waals surface area contributed by atoms with Crippen molar-refractivity contribution >= 4 is 29.6 Å². The molecule has 0 aliphatic carbocycles. The smallest absolute Gasteiger partial charge is 0.407 e. The molecule has 0 saturated carbocycles. The van der Waals surface area contributed by atoms with E-state index >= 15 is 0 Å². The molecule has 13 nitrogen and oxygen atoms in total. The van der Waals surface area contributed by atoms with E-state index in [0.717, 1.165) is 32.7 Å². The number of alkyl carbamates (subject to hydrolysis) is 1. The molecule has 256 valence electrons. The average molecular weight is 668 g/mol. The second-order valence-electron chi connectivity index (χ2n) is 13.2. The van der Waals surface area contributed by atoms with Gasteiger partial charge in [0, 0.05) is 24.2 Å². The van der Waals surface area contributed by atoms with E-state index in [-0.39, 0.29) is 37.2 Å². The number of aromatic nitrogens is 4. The molecule has 1 aliphatic rings. The molecule has 0 fully saturated rings. The number of amides is 3. The number of carbonyl (C=O) groups is 4. The normalized spacial score (nSPS) is 15.1. The number of benzene rings is 3. The van der Waals surface area contributed by atoms with Gasteiger partial charge in [-0.3, -0.25) is 14.4 Å². The summed E-state index contributed by atoms with van der Waals surface area (Å²) in [5, 5.41) is 26.9. The highest BCUT2D eigenvalue weighted by Gasteiger charge is 2.32. The van der Waals surface area contributed by atoms with E-state index in [1.165, 1.54) is 0 Å². The van der Waals surface area contributed by atoms with Crippen molar-refractivity contribution in [3.05, 3.63) is 83.9 Å². The fourth-order valence-corrected chi connectivity index (χ4v) is 5.67. The van der Waals surface area contributed by atoms with Crippen molar-refractivity contribution in [2.24, 2.45) is 5.92 Å². The number of para-hydroxylation sites is 1. The van der Waals surface area contributed by atoms with Crippen LogP contribution >= 0.6 is 0 Å². The minimum Gasteiger partial charge on any atom is -0.480 e. The van der Waals surface area contributed by atoms with E-state index in [9.17, 15) is 19.2 Å². The number of carboxylic acid groups (broad SMARTS) is 1. The molecule has 2 atom stereocenters. The van der Waals surface area contributed by atoms with Gasteiger partial charge < -0.3 is 25.4 Å². The number of aliphatic carboxylic acids is 1. The highest BCUT2D eigenvalue weighted by atomic mass is 16.6. The summed E-state index contributed by atoms with van der Waals surface area (Å²) in [5.74, 6) is -1.37. The molecule has 1 aromatic heterocycles. The summed E-state index contributed by atoms with van der Waals surface area (Å²) in [6.45, 7) is 7.38. The number of ether oxygens (including phenoxy) is 1. The van der Waals surface area contributed by atoms with E-state index < -0.39 is 23.7 Å². The van der Waals surface area contributed by atoms with Gasteiger partial charge in [-0.2, -0.15) is 4.80 Å². The first kappa shape index (κ1) is 34.7. The third-order valence-electron chi connectivity index (χ3n) is 7.91. The van der Waals surface area contributed by atoms with Crippen LogP contribution in [0.4, 0.5) is 10.5 Å². The summed E-state index contributed by atoms with van der Waals surface area (Å²) in [4.78, 5) is 53.0. The highest BCUT2D eigenvalue weighted by Crippen LogP contribution is 2.32. The molecule has 3 aromatic carbocycles. The first-order valence-electron chi connectivity index (χ1n) is 16.2. The van der Waals surface area contributed by atoms with Crippen molar-refractivity contribution < 1.29 is 29.0 Å². The quantitative estimate of drug-likeness (QED) is 0.207. The van der Waals surface area contributed by atoms with Crippen molar-refractivity contribution in [3.63, 3.8) is 0 Å². The van der Waals surface area contributed by atoms with Crippen LogP contribution in [-0.4, -0.2) is 67.4 Å². The van der Waals surface area contributed by atoms with Crippen molar-refractivity contribution in [1.82, 2.24) is 30.8 Å². The zero-order chi connectivity index (χ0) is 35.1. The van der Waals surface area contributed by atoms with Crippen LogP contribution in [0.5, 0.6) is 0 Å². The molecule has 1 unspecified atom stereocenters. The van der Waals surface area contributed by atoms with Gasteiger partial charge in [-0.05, 0) is 73.1 Å². The number of hydrogen-bond acceptors (Lipinski definition) is 8. The Bertz CT molecular complexity index is 1810.